The van der Waals surface area contributed by atoms with Crippen LogP contribution in [0.2, 0.25) is 0 Å². The molecule has 1 atom stereocenters. The van der Waals surface area contributed by atoms with Crippen LogP contribution in [0.4, 0.5) is 8.78 Å². The maximum atomic E-state index is 13.7. The van der Waals surface area contributed by atoms with E-state index in [1.807, 2.05) is 6.07 Å². The van der Waals surface area contributed by atoms with Crippen LogP contribution in [0.3, 0.4) is 0 Å². The highest BCUT2D eigenvalue weighted by molar-refractivity contribution is 9.09. The molecule has 0 aromatic heterocycles. The largest absolute Gasteiger partial charge is 0.494 e. The third kappa shape index (κ3) is 3.57. The monoisotopic (exact) mass is 340 g/mol. The lowest BCUT2D eigenvalue weighted by atomic mass is 9.93. The summed E-state index contributed by atoms with van der Waals surface area (Å²) in [5.41, 5.74) is 1.91. The van der Waals surface area contributed by atoms with Gasteiger partial charge in [0.1, 0.15) is 5.82 Å². The highest BCUT2D eigenvalue weighted by Crippen LogP contribution is 2.26. The second kappa shape index (κ2) is 6.84. The summed E-state index contributed by atoms with van der Waals surface area (Å²) in [7, 11) is 1.44. The lowest BCUT2D eigenvalue weighted by Crippen LogP contribution is -2.05. The second-order valence-electron chi connectivity index (χ2n) is 4.58. The van der Waals surface area contributed by atoms with Crippen molar-refractivity contribution in [3.63, 3.8) is 0 Å². The van der Waals surface area contributed by atoms with Gasteiger partial charge in [-0.05, 0) is 47.7 Å². The SMILES string of the molecule is COc1ccc(CC(CBr)c2ccc(F)cc2)cc1F. The van der Waals surface area contributed by atoms with Gasteiger partial charge in [0.2, 0.25) is 0 Å². The molecule has 1 unspecified atom stereocenters. The van der Waals surface area contributed by atoms with Gasteiger partial charge >= 0.3 is 0 Å². The normalized spacial score (nSPS) is 12.2. The lowest BCUT2D eigenvalue weighted by molar-refractivity contribution is 0.386. The standard InChI is InChI=1S/C16H15BrF2O/c1-20-16-7-2-11(9-15(16)19)8-13(10-17)12-3-5-14(18)6-4-12/h2-7,9,13H,8,10H2,1H3. The smallest absolute Gasteiger partial charge is 0.165 e. The van der Waals surface area contributed by atoms with Crippen molar-refractivity contribution >= 4 is 15.9 Å². The Bertz CT molecular complexity index is 569. The summed E-state index contributed by atoms with van der Waals surface area (Å²) in [6, 6.07) is 11.4. The number of ether oxygens (including phenoxy) is 1. The molecule has 0 fully saturated rings. The predicted molar refractivity (Wildman–Crippen MR) is 79.6 cm³/mol. The maximum Gasteiger partial charge on any atom is 0.165 e. The first-order chi connectivity index (χ1) is 9.63. The van der Waals surface area contributed by atoms with Crippen LogP contribution in [-0.4, -0.2) is 12.4 Å². The highest BCUT2D eigenvalue weighted by atomic mass is 79.9. The van der Waals surface area contributed by atoms with Crippen molar-refractivity contribution in [3.05, 3.63) is 65.2 Å². The van der Waals surface area contributed by atoms with Crippen LogP contribution < -0.4 is 4.74 Å². The summed E-state index contributed by atoms with van der Waals surface area (Å²) in [6.07, 6.45) is 0.678. The number of rotatable bonds is 5. The fraction of sp³-hybridized carbons (Fsp3) is 0.250. The molecule has 0 aliphatic rings. The molecular formula is C16H15BrF2O. The Hall–Kier alpha value is -1.42. The Morgan fingerprint density at radius 2 is 1.80 bits per heavy atom. The molecule has 0 radical (unpaired) electrons. The van der Waals surface area contributed by atoms with Crippen molar-refractivity contribution in [1.82, 2.24) is 0 Å². The Morgan fingerprint density at radius 3 is 2.35 bits per heavy atom. The summed E-state index contributed by atoms with van der Waals surface area (Å²) < 4.78 is 31.5. The number of methoxy groups -OCH3 is 1. The van der Waals surface area contributed by atoms with E-state index in [-0.39, 0.29) is 23.3 Å². The van der Waals surface area contributed by atoms with E-state index in [1.54, 1.807) is 18.2 Å². The molecule has 2 rings (SSSR count). The van der Waals surface area contributed by atoms with Gasteiger partial charge in [0.05, 0.1) is 7.11 Å². The van der Waals surface area contributed by atoms with Crippen molar-refractivity contribution in [2.24, 2.45) is 0 Å². The van der Waals surface area contributed by atoms with E-state index < -0.39 is 0 Å². The number of alkyl halides is 1. The van der Waals surface area contributed by atoms with Gasteiger partial charge in [-0.15, -0.1) is 0 Å². The summed E-state index contributed by atoms with van der Waals surface area (Å²) in [6.45, 7) is 0. The van der Waals surface area contributed by atoms with Crippen LogP contribution in [0.25, 0.3) is 0 Å². The molecule has 0 N–H and O–H groups in total. The van der Waals surface area contributed by atoms with E-state index in [9.17, 15) is 8.78 Å². The van der Waals surface area contributed by atoms with Crippen LogP contribution in [0.15, 0.2) is 42.5 Å². The van der Waals surface area contributed by atoms with Gasteiger partial charge in [0, 0.05) is 5.33 Å². The molecule has 2 aromatic carbocycles. The average Bonchev–Trinajstić information content (AvgIpc) is 2.46. The van der Waals surface area contributed by atoms with E-state index in [0.29, 0.717) is 6.42 Å². The minimum Gasteiger partial charge on any atom is -0.494 e. The quantitative estimate of drug-likeness (QED) is 0.717. The summed E-state index contributed by atoms with van der Waals surface area (Å²) in [5.74, 6) is -0.204. The first-order valence-electron chi connectivity index (χ1n) is 6.28. The van der Waals surface area contributed by atoms with Crippen molar-refractivity contribution in [3.8, 4) is 5.75 Å². The first-order valence-corrected chi connectivity index (χ1v) is 7.40. The Kier molecular flexibility index (Phi) is 5.12. The zero-order chi connectivity index (χ0) is 14.5. The molecule has 0 heterocycles. The Balaban J connectivity index is 2.17. The molecule has 0 aliphatic carbocycles. The number of hydrogen-bond acceptors (Lipinski definition) is 1. The van der Waals surface area contributed by atoms with Gasteiger partial charge in [-0.3, -0.25) is 0 Å². The van der Waals surface area contributed by atoms with Gasteiger partial charge in [-0.1, -0.05) is 34.1 Å². The Morgan fingerprint density at radius 1 is 1.10 bits per heavy atom. The van der Waals surface area contributed by atoms with Gasteiger partial charge in [-0.2, -0.15) is 0 Å². The minimum absolute atomic E-state index is 0.170. The molecular weight excluding hydrogens is 326 g/mol. The van der Waals surface area contributed by atoms with Crippen molar-refractivity contribution in [1.29, 1.82) is 0 Å². The predicted octanol–water partition coefficient (Wildman–Crippen LogP) is 4.69. The fourth-order valence-electron chi connectivity index (χ4n) is 2.12. The topological polar surface area (TPSA) is 9.23 Å². The summed E-state index contributed by atoms with van der Waals surface area (Å²) in [4.78, 5) is 0. The van der Waals surface area contributed by atoms with Gasteiger partial charge in [0.15, 0.2) is 11.6 Å². The van der Waals surface area contributed by atoms with Crippen LogP contribution in [0.1, 0.15) is 17.0 Å². The van der Waals surface area contributed by atoms with Crippen LogP contribution in [0.5, 0.6) is 5.75 Å². The highest BCUT2D eigenvalue weighted by Gasteiger charge is 2.13. The number of hydrogen-bond donors (Lipinski definition) is 0. The average molecular weight is 341 g/mol. The maximum absolute atomic E-state index is 13.7. The third-order valence-electron chi connectivity index (χ3n) is 3.23. The van der Waals surface area contributed by atoms with Crippen LogP contribution in [-0.2, 0) is 6.42 Å². The second-order valence-corrected chi connectivity index (χ2v) is 5.22. The van der Waals surface area contributed by atoms with Crippen molar-refractivity contribution < 1.29 is 13.5 Å². The van der Waals surface area contributed by atoms with Crippen LogP contribution in [0, 0.1) is 11.6 Å². The summed E-state index contributed by atoms with van der Waals surface area (Å²) in [5, 5.41) is 0.728. The molecule has 0 aliphatic heterocycles. The molecule has 0 spiro atoms. The van der Waals surface area contributed by atoms with E-state index >= 15 is 0 Å². The number of benzene rings is 2. The zero-order valence-corrected chi connectivity index (χ0v) is 12.7. The van der Waals surface area contributed by atoms with E-state index in [0.717, 1.165) is 16.5 Å². The molecule has 4 heteroatoms. The Labute approximate surface area is 125 Å². The molecule has 2 aromatic rings. The van der Waals surface area contributed by atoms with Crippen LogP contribution >= 0.6 is 15.9 Å². The van der Waals surface area contributed by atoms with E-state index in [1.165, 1.54) is 25.3 Å². The molecule has 0 saturated carbocycles. The molecule has 0 bridgehead atoms. The summed E-state index contributed by atoms with van der Waals surface area (Å²) >= 11 is 3.46. The van der Waals surface area contributed by atoms with Crippen molar-refractivity contribution in [2.75, 3.05) is 12.4 Å². The van der Waals surface area contributed by atoms with Gasteiger partial charge in [-0.25, -0.2) is 8.78 Å². The molecule has 1 nitrogen and oxygen atoms in total. The van der Waals surface area contributed by atoms with Gasteiger partial charge in [0.25, 0.3) is 0 Å². The number of halogens is 3. The molecule has 106 valence electrons. The van der Waals surface area contributed by atoms with E-state index in [2.05, 4.69) is 15.9 Å². The van der Waals surface area contributed by atoms with Gasteiger partial charge < -0.3 is 4.74 Å². The molecule has 0 amide bonds. The minimum atomic E-state index is -0.363. The van der Waals surface area contributed by atoms with E-state index in [4.69, 9.17) is 4.74 Å². The zero-order valence-electron chi connectivity index (χ0n) is 11.1. The lowest BCUT2D eigenvalue weighted by Gasteiger charge is -2.15. The third-order valence-corrected chi connectivity index (χ3v) is 4.01. The molecule has 0 saturated heterocycles. The van der Waals surface area contributed by atoms with Crippen molar-refractivity contribution in [2.45, 2.75) is 12.3 Å². The fourth-order valence-corrected chi connectivity index (χ4v) is 2.72. The molecule has 20 heavy (non-hydrogen) atoms. The first kappa shape index (κ1) is 15.0.